The first-order chi connectivity index (χ1) is 7.65. The van der Waals surface area contributed by atoms with E-state index in [4.69, 9.17) is 0 Å². The Hall–Kier alpha value is -0.380. The molecule has 16 heavy (non-hydrogen) atoms. The first kappa shape index (κ1) is 13.7. The number of nitrogens with zero attached hydrogens (tertiary/aromatic N) is 1. The molecule has 0 radical (unpaired) electrons. The molecule has 0 amide bonds. The summed E-state index contributed by atoms with van der Waals surface area (Å²) in [6.45, 7) is 11.2. The van der Waals surface area contributed by atoms with E-state index >= 15 is 0 Å². The zero-order valence-electron chi connectivity index (χ0n) is 10.9. The van der Waals surface area contributed by atoms with Crippen LogP contribution in [0.2, 0.25) is 0 Å². The zero-order chi connectivity index (χ0) is 12.0. The van der Waals surface area contributed by atoms with Gasteiger partial charge in [-0.25, -0.2) is 0 Å². The van der Waals surface area contributed by atoms with Crippen molar-refractivity contribution in [2.75, 3.05) is 20.1 Å². The summed E-state index contributed by atoms with van der Waals surface area (Å²) in [5, 5.41) is 3.19. The molecule has 1 aromatic heterocycles. The number of thiophene rings is 1. The van der Waals surface area contributed by atoms with Crippen LogP contribution in [0.4, 0.5) is 0 Å². The normalized spacial score (nSPS) is 11.6. The van der Waals surface area contributed by atoms with Crippen molar-refractivity contribution in [2.24, 2.45) is 5.92 Å². The van der Waals surface area contributed by atoms with Crippen LogP contribution < -0.4 is 5.32 Å². The van der Waals surface area contributed by atoms with Crippen molar-refractivity contribution < 1.29 is 0 Å². The van der Waals surface area contributed by atoms with Crippen LogP contribution >= 0.6 is 11.3 Å². The summed E-state index contributed by atoms with van der Waals surface area (Å²) in [6, 6.07) is 4.50. The van der Waals surface area contributed by atoms with Crippen LogP contribution in [0.5, 0.6) is 0 Å². The van der Waals surface area contributed by atoms with Crippen LogP contribution in [0.25, 0.3) is 0 Å². The minimum atomic E-state index is 0.747. The molecule has 1 rings (SSSR count). The van der Waals surface area contributed by atoms with Crippen molar-refractivity contribution >= 4 is 11.3 Å². The van der Waals surface area contributed by atoms with E-state index < -0.39 is 0 Å². The third kappa shape index (κ3) is 4.64. The molecule has 0 saturated carbocycles. The molecule has 0 aliphatic carbocycles. The van der Waals surface area contributed by atoms with Gasteiger partial charge in [0.05, 0.1) is 0 Å². The topological polar surface area (TPSA) is 15.3 Å². The van der Waals surface area contributed by atoms with Gasteiger partial charge in [-0.15, -0.1) is 11.3 Å². The Kier molecular flexibility index (Phi) is 6.03. The number of rotatable bonds is 7. The van der Waals surface area contributed by atoms with Gasteiger partial charge in [-0.1, -0.05) is 20.8 Å². The fourth-order valence-corrected chi connectivity index (χ4v) is 2.89. The monoisotopic (exact) mass is 240 g/mol. The molecule has 0 atom stereocenters. The Morgan fingerprint density at radius 3 is 2.56 bits per heavy atom. The van der Waals surface area contributed by atoms with Crippen LogP contribution in [0.3, 0.4) is 0 Å². The fourth-order valence-electron chi connectivity index (χ4n) is 1.82. The van der Waals surface area contributed by atoms with Crippen molar-refractivity contribution in [3.05, 3.63) is 21.9 Å². The average molecular weight is 240 g/mol. The highest BCUT2D eigenvalue weighted by atomic mass is 32.1. The maximum absolute atomic E-state index is 3.19. The lowest BCUT2D eigenvalue weighted by Crippen LogP contribution is -2.26. The average Bonchev–Trinajstić information content (AvgIpc) is 2.64. The minimum absolute atomic E-state index is 0.747. The molecule has 1 heterocycles. The van der Waals surface area contributed by atoms with E-state index in [1.54, 1.807) is 0 Å². The van der Waals surface area contributed by atoms with E-state index in [0.29, 0.717) is 0 Å². The van der Waals surface area contributed by atoms with Crippen LogP contribution in [0.15, 0.2) is 12.1 Å². The van der Waals surface area contributed by atoms with Crippen molar-refractivity contribution in [1.82, 2.24) is 10.2 Å². The molecule has 0 unspecified atom stereocenters. The van der Waals surface area contributed by atoms with Gasteiger partial charge in [0.2, 0.25) is 0 Å². The first-order valence-electron chi connectivity index (χ1n) is 6.10. The Balaban J connectivity index is 2.49. The zero-order valence-corrected chi connectivity index (χ0v) is 11.7. The summed E-state index contributed by atoms with van der Waals surface area (Å²) in [4.78, 5) is 5.42. The molecular formula is C13H24N2S. The van der Waals surface area contributed by atoms with Gasteiger partial charge in [0.1, 0.15) is 0 Å². The largest absolute Gasteiger partial charge is 0.315 e. The summed E-state index contributed by atoms with van der Waals surface area (Å²) in [5.74, 6) is 0.747. The highest BCUT2D eigenvalue weighted by molar-refractivity contribution is 7.11. The molecule has 2 nitrogen and oxygen atoms in total. The Bertz CT molecular complexity index is 294. The van der Waals surface area contributed by atoms with Crippen molar-refractivity contribution in [3.8, 4) is 0 Å². The van der Waals surface area contributed by atoms with Gasteiger partial charge in [0.15, 0.2) is 0 Å². The molecule has 1 aromatic rings. The quantitative estimate of drug-likeness (QED) is 0.788. The lowest BCUT2D eigenvalue weighted by atomic mass is 10.2. The molecular weight excluding hydrogens is 216 g/mol. The Morgan fingerprint density at radius 2 is 2.00 bits per heavy atom. The van der Waals surface area contributed by atoms with Gasteiger partial charge in [-0.05, 0) is 31.6 Å². The molecule has 0 fully saturated rings. The predicted molar refractivity (Wildman–Crippen MR) is 72.9 cm³/mol. The SMILES string of the molecule is CCN(Cc1ccc(CNC)s1)CC(C)C. The van der Waals surface area contributed by atoms with E-state index in [1.165, 1.54) is 16.3 Å². The molecule has 0 aliphatic heterocycles. The van der Waals surface area contributed by atoms with Crippen molar-refractivity contribution in [3.63, 3.8) is 0 Å². The fraction of sp³-hybridized carbons (Fsp3) is 0.692. The molecule has 92 valence electrons. The van der Waals surface area contributed by atoms with E-state index in [-0.39, 0.29) is 0 Å². The van der Waals surface area contributed by atoms with Gasteiger partial charge in [-0.2, -0.15) is 0 Å². The van der Waals surface area contributed by atoms with Crippen LogP contribution in [0.1, 0.15) is 30.5 Å². The highest BCUT2D eigenvalue weighted by Crippen LogP contribution is 2.18. The van der Waals surface area contributed by atoms with Crippen molar-refractivity contribution in [2.45, 2.75) is 33.9 Å². The van der Waals surface area contributed by atoms with Gasteiger partial charge >= 0.3 is 0 Å². The van der Waals surface area contributed by atoms with E-state index in [9.17, 15) is 0 Å². The molecule has 0 spiro atoms. The lowest BCUT2D eigenvalue weighted by Gasteiger charge is -2.21. The van der Waals surface area contributed by atoms with Crippen LogP contribution in [0, 0.1) is 5.92 Å². The first-order valence-corrected chi connectivity index (χ1v) is 6.91. The third-order valence-electron chi connectivity index (χ3n) is 2.52. The smallest absolute Gasteiger partial charge is 0.0328 e. The molecule has 0 aromatic carbocycles. The van der Waals surface area contributed by atoms with Crippen LogP contribution in [-0.4, -0.2) is 25.0 Å². The second kappa shape index (κ2) is 7.05. The molecule has 0 aliphatic rings. The summed E-state index contributed by atoms with van der Waals surface area (Å²) in [5.41, 5.74) is 0. The number of hydrogen-bond acceptors (Lipinski definition) is 3. The maximum atomic E-state index is 3.19. The minimum Gasteiger partial charge on any atom is -0.315 e. The van der Waals surface area contributed by atoms with Crippen LogP contribution in [-0.2, 0) is 13.1 Å². The second-order valence-electron chi connectivity index (χ2n) is 4.62. The maximum Gasteiger partial charge on any atom is 0.0328 e. The third-order valence-corrected chi connectivity index (χ3v) is 3.59. The lowest BCUT2D eigenvalue weighted by molar-refractivity contribution is 0.250. The van der Waals surface area contributed by atoms with Gasteiger partial charge in [0, 0.05) is 29.4 Å². The van der Waals surface area contributed by atoms with E-state index in [2.05, 4.69) is 43.1 Å². The standard InChI is InChI=1S/C13H24N2S/c1-5-15(9-11(2)3)10-13-7-6-12(16-13)8-14-4/h6-7,11,14H,5,8-10H2,1-4H3. The molecule has 0 saturated heterocycles. The summed E-state index contributed by atoms with van der Waals surface area (Å²) in [7, 11) is 2.00. The van der Waals surface area contributed by atoms with E-state index in [0.717, 1.165) is 25.6 Å². The van der Waals surface area contributed by atoms with Gasteiger partial charge in [-0.3, -0.25) is 4.90 Å². The van der Waals surface area contributed by atoms with E-state index in [1.807, 2.05) is 18.4 Å². The molecule has 0 bridgehead atoms. The Morgan fingerprint density at radius 1 is 1.31 bits per heavy atom. The second-order valence-corrected chi connectivity index (χ2v) is 5.87. The summed E-state index contributed by atoms with van der Waals surface area (Å²) in [6.07, 6.45) is 0. The number of nitrogens with one attached hydrogen (secondary N) is 1. The molecule has 3 heteroatoms. The Labute approximate surface area is 104 Å². The van der Waals surface area contributed by atoms with Gasteiger partial charge < -0.3 is 5.32 Å². The summed E-state index contributed by atoms with van der Waals surface area (Å²) >= 11 is 1.92. The predicted octanol–water partition coefficient (Wildman–Crippen LogP) is 2.95. The van der Waals surface area contributed by atoms with Gasteiger partial charge in [0.25, 0.3) is 0 Å². The van der Waals surface area contributed by atoms with Crippen molar-refractivity contribution in [1.29, 1.82) is 0 Å². The number of hydrogen-bond donors (Lipinski definition) is 1. The highest BCUT2D eigenvalue weighted by Gasteiger charge is 2.07. The summed E-state index contributed by atoms with van der Waals surface area (Å²) < 4.78 is 0. The molecule has 1 N–H and O–H groups in total.